The molecule has 2 rings (SSSR count). The van der Waals surface area contributed by atoms with Crippen molar-refractivity contribution in [3.63, 3.8) is 0 Å². The summed E-state index contributed by atoms with van der Waals surface area (Å²) >= 11 is 1.57. The van der Waals surface area contributed by atoms with E-state index in [1.54, 1.807) is 18.0 Å². The molecule has 1 heterocycles. The first kappa shape index (κ1) is 12.7. The minimum absolute atomic E-state index is 0.482. The molecule has 3 heteroatoms. The predicted octanol–water partition coefficient (Wildman–Crippen LogP) is 4.23. The molecule has 0 amide bonds. The summed E-state index contributed by atoms with van der Waals surface area (Å²) < 4.78 is 0. The summed E-state index contributed by atoms with van der Waals surface area (Å²) in [5.41, 5.74) is 1.81. The Bertz CT molecular complexity index is 568. The Balaban J connectivity index is 2.22. The highest BCUT2D eigenvalue weighted by Gasteiger charge is 2.05. The summed E-state index contributed by atoms with van der Waals surface area (Å²) in [6, 6.07) is 14.3. The van der Waals surface area contributed by atoms with Gasteiger partial charge in [-0.2, -0.15) is 5.26 Å². The van der Waals surface area contributed by atoms with Crippen LogP contribution in [0.3, 0.4) is 0 Å². The zero-order valence-electron chi connectivity index (χ0n) is 10.4. The number of pyridine rings is 1. The Hall–Kier alpha value is -1.79. The quantitative estimate of drug-likeness (QED) is 0.822. The van der Waals surface area contributed by atoms with Crippen LogP contribution in [-0.2, 0) is 0 Å². The molecular weight excluding hydrogens is 240 g/mol. The Morgan fingerprint density at radius 1 is 1.17 bits per heavy atom. The minimum atomic E-state index is 0.482. The predicted molar refractivity (Wildman–Crippen MR) is 73.6 cm³/mol. The molecule has 1 aromatic carbocycles. The van der Waals surface area contributed by atoms with Gasteiger partial charge in [-0.25, -0.2) is 4.98 Å². The van der Waals surface area contributed by atoms with E-state index < -0.39 is 0 Å². The molecule has 0 atom stereocenters. The van der Waals surface area contributed by atoms with Crippen LogP contribution >= 0.6 is 11.8 Å². The first-order valence-electron chi connectivity index (χ1n) is 5.83. The van der Waals surface area contributed by atoms with Crippen molar-refractivity contribution >= 4 is 11.8 Å². The number of hydrogen-bond acceptors (Lipinski definition) is 3. The summed E-state index contributed by atoms with van der Waals surface area (Å²) in [6.07, 6.45) is 1.64. The van der Waals surface area contributed by atoms with Gasteiger partial charge in [0.15, 0.2) is 5.69 Å². The molecule has 0 unspecified atom stereocenters. The van der Waals surface area contributed by atoms with Crippen molar-refractivity contribution in [3.8, 4) is 6.07 Å². The van der Waals surface area contributed by atoms with Crippen LogP contribution in [0, 0.1) is 11.3 Å². The summed E-state index contributed by atoms with van der Waals surface area (Å²) in [7, 11) is 0. The second-order valence-electron chi connectivity index (χ2n) is 4.29. The zero-order chi connectivity index (χ0) is 13.0. The zero-order valence-corrected chi connectivity index (χ0v) is 11.2. The van der Waals surface area contributed by atoms with Gasteiger partial charge in [0.2, 0.25) is 0 Å². The van der Waals surface area contributed by atoms with E-state index >= 15 is 0 Å². The number of rotatable bonds is 3. The van der Waals surface area contributed by atoms with Crippen molar-refractivity contribution in [2.45, 2.75) is 29.6 Å². The fourth-order valence-electron chi connectivity index (χ4n) is 1.60. The normalized spacial score (nSPS) is 10.3. The molecule has 0 fully saturated rings. The lowest BCUT2D eigenvalue weighted by molar-refractivity contribution is 0.865. The molecule has 18 heavy (non-hydrogen) atoms. The first-order valence-corrected chi connectivity index (χ1v) is 6.65. The van der Waals surface area contributed by atoms with Crippen LogP contribution in [-0.4, -0.2) is 4.98 Å². The highest BCUT2D eigenvalue weighted by Crippen LogP contribution is 2.30. The lowest BCUT2D eigenvalue weighted by atomic mass is 10.0. The standard InChI is InChI=1S/C15H14N2S/c1-11(2)12-5-7-13(8-6-12)18-15-4-3-9-17-14(15)10-16/h3-9,11H,1-2H3. The molecule has 0 N–H and O–H groups in total. The molecule has 2 nitrogen and oxygen atoms in total. The smallest absolute Gasteiger partial charge is 0.154 e. The molecular formula is C15H14N2S. The number of aromatic nitrogens is 1. The van der Waals surface area contributed by atoms with Crippen molar-refractivity contribution < 1.29 is 0 Å². The molecule has 0 aliphatic rings. The molecule has 1 aromatic heterocycles. The summed E-state index contributed by atoms with van der Waals surface area (Å²) in [5.74, 6) is 0.539. The van der Waals surface area contributed by atoms with Crippen molar-refractivity contribution in [2.24, 2.45) is 0 Å². The Labute approximate surface area is 112 Å². The Kier molecular flexibility index (Phi) is 4.01. The Morgan fingerprint density at radius 2 is 1.89 bits per heavy atom. The topological polar surface area (TPSA) is 36.7 Å². The second kappa shape index (κ2) is 5.70. The minimum Gasteiger partial charge on any atom is -0.244 e. The van der Waals surface area contributed by atoms with E-state index in [1.165, 1.54) is 5.56 Å². The van der Waals surface area contributed by atoms with Crippen molar-refractivity contribution in [2.75, 3.05) is 0 Å². The average Bonchev–Trinajstić information content (AvgIpc) is 2.40. The maximum Gasteiger partial charge on any atom is 0.154 e. The lowest BCUT2D eigenvalue weighted by Gasteiger charge is -2.07. The third kappa shape index (κ3) is 2.91. The van der Waals surface area contributed by atoms with Gasteiger partial charge in [-0.15, -0.1) is 0 Å². The van der Waals surface area contributed by atoms with Crippen LogP contribution in [0.25, 0.3) is 0 Å². The fourth-order valence-corrected chi connectivity index (χ4v) is 2.47. The van der Waals surface area contributed by atoms with Gasteiger partial charge in [0, 0.05) is 16.0 Å². The molecule has 0 bridgehead atoms. The van der Waals surface area contributed by atoms with Crippen LogP contribution in [0.5, 0.6) is 0 Å². The first-order chi connectivity index (χ1) is 8.70. The molecule has 0 saturated heterocycles. The number of benzene rings is 1. The number of nitriles is 1. The number of hydrogen-bond donors (Lipinski definition) is 0. The van der Waals surface area contributed by atoms with Crippen LogP contribution in [0.2, 0.25) is 0 Å². The summed E-state index contributed by atoms with van der Waals surface area (Å²) in [4.78, 5) is 6.09. The molecule has 0 aliphatic heterocycles. The van der Waals surface area contributed by atoms with E-state index in [4.69, 9.17) is 5.26 Å². The third-order valence-corrected chi connectivity index (χ3v) is 3.71. The molecule has 90 valence electrons. The van der Waals surface area contributed by atoms with E-state index in [1.807, 2.05) is 12.1 Å². The second-order valence-corrected chi connectivity index (χ2v) is 5.40. The van der Waals surface area contributed by atoms with Gasteiger partial charge in [0.1, 0.15) is 6.07 Å². The SMILES string of the molecule is CC(C)c1ccc(Sc2cccnc2C#N)cc1. The van der Waals surface area contributed by atoms with Gasteiger partial charge in [-0.05, 0) is 35.7 Å². The van der Waals surface area contributed by atoms with Gasteiger partial charge < -0.3 is 0 Å². The van der Waals surface area contributed by atoms with E-state index in [9.17, 15) is 0 Å². The summed E-state index contributed by atoms with van der Waals surface area (Å²) in [5, 5.41) is 8.99. The summed E-state index contributed by atoms with van der Waals surface area (Å²) in [6.45, 7) is 4.36. The monoisotopic (exact) mass is 254 g/mol. The number of nitrogens with zero attached hydrogens (tertiary/aromatic N) is 2. The van der Waals surface area contributed by atoms with Gasteiger partial charge in [-0.3, -0.25) is 0 Å². The lowest BCUT2D eigenvalue weighted by Crippen LogP contribution is -1.87. The van der Waals surface area contributed by atoms with Gasteiger partial charge in [-0.1, -0.05) is 37.7 Å². The van der Waals surface area contributed by atoms with Crippen LogP contribution in [0.15, 0.2) is 52.4 Å². The highest BCUT2D eigenvalue weighted by atomic mass is 32.2. The van der Waals surface area contributed by atoms with Crippen LogP contribution < -0.4 is 0 Å². The van der Waals surface area contributed by atoms with E-state index in [2.05, 4.69) is 49.2 Å². The fraction of sp³-hybridized carbons (Fsp3) is 0.200. The van der Waals surface area contributed by atoms with Gasteiger partial charge in [0.25, 0.3) is 0 Å². The molecule has 0 spiro atoms. The van der Waals surface area contributed by atoms with E-state index in [-0.39, 0.29) is 0 Å². The van der Waals surface area contributed by atoms with E-state index in [0.29, 0.717) is 11.6 Å². The largest absolute Gasteiger partial charge is 0.244 e. The van der Waals surface area contributed by atoms with Crippen molar-refractivity contribution in [1.82, 2.24) is 4.98 Å². The van der Waals surface area contributed by atoms with Gasteiger partial charge >= 0.3 is 0 Å². The van der Waals surface area contributed by atoms with Crippen LogP contribution in [0.1, 0.15) is 31.0 Å². The molecule has 0 radical (unpaired) electrons. The molecule has 2 aromatic rings. The average molecular weight is 254 g/mol. The van der Waals surface area contributed by atoms with Gasteiger partial charge in [0.05, 0.1) is 0 Å². The maximum atomic E-state index is 8.99. The maximum absolute atomic E-state index is 8.99. The Morgan fingerprint density at radius 3 is 2.50 bits per heavy atom. The van der Waals surface area contributed by atoms with Crippen molar-refractivity contribution in [1.29, 1.82) is 5.26 Å². The van der Waals surface area contributed by atoms with Crippen LogP contribution in [0.4, 0.5) is 0 Å². The molecule has 0 saturated carbocycles. The molecule has 0 aliphatic carbocycles. The third-order valence-electron chi connectivity index (χ3n) is 2.65. The highest BCUT2D eigenvalue weighted by molar-refractivity contribution is 7.99. The van der Waals surface area contributed by atoms with Crippen molar-refractivity contribution in [3.05, 3.63) is 53.9 Å². The van der Waals surface area contributed by atoms with E-state index in [0.717, 1.165) is 9.79 Å².